The summed E-state index contributed by atoms with van der Waals surface area (Å²) in [6.45, 7) is 3.29. The van der Waals surface area contributed by atoms with Crippen molar-refractivity contribution in [3.8, 4) is 0 Å². The van der Waals surface area contributed by atoms with Gasteiger partial charge in [0.2, 0.25) is 5.54 Å². The molecule has 0 aliphatic heterocycles. The SMILES string of the molecule is [2H]CC(C)(C)OC(=O)[C@](N)(CCCCN)C(=O)O. The molecular formula is C11H22N2O4. The smallest absolute Gasteiger partial charge is 0.338 e. The lowest BCUT2D eigenvalue weighted by molar-refractivity contribution is -0.169. The van der Waals surface area contributed by atoms with Crippen LogP contribution in [0.3, 0.4) is 0 Å². The van der Waals surface area contributed by atoms with Gasteiger partial charge in [-0.25, -0.2) is 9.59 Å². The summed E-state index contributed by atoms with van der Waals surface area (Å²) in [5.74, 6) is -2.44. The molecule has 0 bridgehead atoms. The van der Waals surface area contributed by atoms with Crippen molar-refractivity contribution in [1.82, 2.24) is 0 Å². The molecule has 0 saturated heterocycles. The van der Waals surface area contributed by atoms with Gasteiger partial charge in [-0.15, -0.1) is 0 Å². The third-order valence-electron chi connectivity index (χ3n) is 2.14. The van der Waals surface area contributed by atoms with Crippen LogP contribution in [0, 0.1) is 0 Å². The number of carbonyl (C=O) groups is 2. The summed E-state index contributed by atoms with van der Waals surface area (Å²) in [5, 5.41) is 9.07. The first-order valence-electron chi connectivity index (χ1n) is 6.15. The van der Waals surface area contributed by atoms with Crippen LogP contribution in [0.4, 0.5) is 0 Å². The Morgan fingerprint density at radius 2 is 2.00 bits per heavy atom. The Morgan fingerprint density at radius 1 is 1.41 bits per heavy atom. The summed E-state index contributed by atoms with van der Waals surface area (Å²) in [7, 11) is 0. The molecule has 0 unspecified atom stereocenters. The van der Waals surface area contributed by atoms with Gasteiger partial charge in [0, 0.05) is 1.37 Å². The predicted molar refractivity (Wildman–Crippen MR) is 63.3 cm³/mol. The number of ether oxygens (including phenoxy) is 1. The van der Waals surface area contributed by atoms with Crippen molar-refractivity contribution in [2.75, 3.05) is 6.54 Å². The number of hydrogen-bond donors (Lipinski definition) is 3. The summed E-state index contributed by atoms with van der Waals surface area (Å²) in [4.78, 5) is 23.0. The summed E-state index contributed by atoms with van der Waals surface area (Å²) >= 11 is 0. The Hall–Kier alpha value is -1.14. The average Bonchev–Trinajstić information content (AvgIpc) is 2.28. The Bertz CT molecular complexity index is 309. The van der Waals surface area contributed by atoms with Gasteiger partial charge >= 0.3 is 11.9 Å². The lowest BCUT2D eigenvalue weighted by atomic mass is 9.93. The average molecular weight is 247 g/mol. The summed E-state index contributed by atoms with van der Waals surface area (Å²) in [6, 6.07) is 0. The van der Waals surface area contributed by atoms with Crippen LogP contribution >= 0.6 is 0 Å². The highest BCUT2D eigenvalue weighted by Crippen LogP contribution is 2.18. The minimum Gasteiger partial charge on any atom is -0.479 e. The van der Waals surface area contributed by atoms with E-state index in [1.807, 2.05) is 0 Å². The molecule has 6 heteroatoms. The molecule has 0 aromatic rings. The van der Waals surface area contributed by atoms with Crippen molar-refractivity contribution in [2.45, 2.75) is 51.1 Å². The molecular weight excluding hydrogens is 224 g/mol. The van der Waals surface area contributed by atoms with Crippen LogP contribution < -0.4 is 11.5 Å². The van der Waals surface area contributed by atoms with Crippen molar-refractivity contribution in [2.24, 2.45) is 11.5 Å². The van der Waals surface area contributed by atoms with Crippen molar-refractivity contribution in [3.05, 3.63) is 0 Å². The fourth-order valence-electron chi connectivity index (χ4n) is 1.19. The molecule has 6 nitrogen and oxygen atoms in total. The molecule has 0 rings (SSSR count). The summed E-state index contributed by atoms with van der Waals surface area (Å²) in [6.07, 6.45) is 0.976. The van der Waals surface area contributed by atoms with E-state index in [1.165, 1.54) is 13.8 Å². The van der Waals surface area contributed by atoms with E-state index in [9.17, 15) is 9.59 Å². The second-order valence-electron chi connectivity index (χ2n) is 4.67. The zero-order valence-corrected chi connectivity index (χ0v) is 10.4. The van der Waals surface area contributed by atoms with E-state index in [4.69, 9.17) is 22.7 Å². The van der Waals surface area contributed by atoms with Crippen LogP contribution in [-0.4, -0.2) is 34.7 Å². The van der Waals surface area contributed by atoms with Crippen molar-refractivity contribution in [3.63, 3.8) is 0 Å². The molecule has 0 aliphatic rings. The summed E-state index contributed by atoms with van der Waals surface area (Å²) in [5.41, 5.74) is 7.80. The standard InChI is InChI=1S/C11H22N2O4/c1-10(2,3)17-9(16)11(13,8(14)15)6-4-5-7-12/h4-7,12-13H2,1-3H3,(H,14,15)/t11-/m0/s1/i1D. The lowest BCUT2D eigenvalue weighted by Crippen LogP contribution is -2.57. The third-order valence-corrected chi connectivity index (χ3v) is 2.14. The van der Waals surface area contributed by atoms with Crippen LogP contribution in [0.2, 0.25) is 0 Å². The molecule has 17 heavy (non-hydrogen) atoms. The number of rotatable bonds is 6. The van der Waals surface area contributed by atoms with E-state index < -0.39 is 23.1 Å². The maximum atomic E-state index is 11.8. The van der Waals surface area contributed by atoms with Gasteiger partial charge in [-0.2, -0.15) is 0 Å². The predicted octanol–water partition coefficient (Wildman–Crippen LogP) is 0.239. The Labute approximate surface area is 103 Å². The van der Waals surface area contributed by atoms with Gasteiger partial charge in [-0.3, -0.25) is 0 Å². The van der Waals surface area contributed by atoms with Crippen LogP contribution in [-0.2, 0) is 14.3 Å². The maximum absolute atomic E-state index is 11.8. The van der Waals surface area contributed by atoms with Crippen LogP contribution in [0.25, 0.3) is 0 Å². The number of aliphatic carboxylic acids is 1. The first-order valence-corrected chi connectivity index (χ1v) is 5.44. The zero-order chi connectivity index (χ0) is 14.4. The van der Waals surface area contributed by atoms with Gasteiger partial charge in [0.15, 0.2) is 0 Å². The normalized spacial score (nSPS) is 15.9. The van der Waals surface area contributed by atoms with Gasteiger partial charge in [-0.1, -0.05) is 0 Å². The number of carbonyl (C=O) groups excluding carboxylic acids is 1. The second kappa shape index (κ2) is 5.97. The number of esters is 1. The highest BCUT2D eigenvalue weighted by molar-refractivity contribution is 6.03. The fourth-order valence-corrected chi connectivity index (χ4v) is 1.19. The van der Waals surface area contributed by atoms with Crippen molar-refractivity contribution in [1.29, 1.82) is 0 Å². The van der Waals surface area contributed by atoms with Gasteiger partial charge in [0.1, 0.15) is 5.60 Å². The molecule has 0 radical (unpaired) electrons. The zero-order valence-electron chi connectivity index (χ0n) is 11.4. The molecule has 0 aromatic heterocycles. The fraction of sp³-hybridized carbons (Fsp3) is 0.818. The van der Waals surface area contributed by atoms with Crippen molar-refractivity contribution < 1.29 is 20.8 Å². The van der Waals surface area contributed by atoms with Crippen LogP contribution in [0.5, 0.6) is 0 Å². The van der Waals surface area contributed by atoms with Gasteiger partial charge < -0.3 is 21.3 Å². The maximum Gasteiger partial charge on any atom is 0.338 e. The largest absolute Gasteiger partial charge is 0.479 e. The highest BCUT2D eigenvalue weighted by Gasteiger charge is 2.44. The third kappa shape index (κ3) is 5.14. The van der Waals surface area contributed by atoms with E-state index in [0.717, 1.165) is 0 Å². The minimum atomic E-state index is -2.07. The number of unbranched alkanes of at least 4 members (excludes halogenated alkanes) is 1. The first kappa shape index (κ1) is 13.9. The highest BCUT2D eigenvalue weighted by atomic mass is 16.6. The number of hydrogen-bond acceptors (Lipinski definition) is 5. The molecule has 0 aliphatic carbocycles. The quantitative estimate of drug-likeness (QED) is 0.352. The minimum absolute atomic E-state index is 0.0353. The van der Waals surface area contributed by atoms with E-state index in [1.54, 1.807) is 0 Å². The molecule has 100 valence electrons. The molecule has 0 amide bonds. The van der Waals surface area contributed by atoms with Crippen molar-refractivity contribution >= 4 is 11.9 Å². The molecule has 0 aromatic carbocycles. The molecule has 0 heterocycles. The first-order chi connectivity index (χ1) is 8.19. The number of nitrogens with two attached hydrogens (primary N) is 2. The molecule has 0 fully saturated rings. The van der Waals surface area contributed by atoms with E-state index in [-0.39, 0.29) is 13.3 Å². The van der Waals surface area contributed by atoms with Crippen LogP contribution in [0.15, 0.2) is 0 Å². The second-order valence-corrected chi connectivity index (χ2v) is 4.67. The topological polar surface area (TPSA) is 116 Å². The van der Waals surface area contributed by atoms with Gasteiger partial charge in [0.05, 0.1) is 0 Å². The molecule has 0 spiro atoms. The molecule has 1 atom stereocenters. The lowest BCUT2D eigenvalue weighted by Gasteiger charge is -2.28. The van der Waals surface area contributed by atoms with E-state index in [0.29, 0.717) is 19.4 Å². The van der Waals surface area contributed by atoms with Gasteiger partial charge in [0.25, 0.3) is 0 Å². The van der Waals surface area contributed by atoms with E-state index >= 15 is 0 Å². The van der Waals surface area contributed by atoms with Crippen LogP contribution in [0.1, 0.15) is 41.4 Å². The Morgan fingerprint density at radius 3 is 2.41 bits per heavy atom. The Kier molecular flexibility index (Phi) is 4.89. The Balaban J connectivity index is 4.77. The van der Waals surface area contributed by atoms with Gasteiger partial charge in [-0.05, 0) is 46.6 Å². The molecule has 0 saturated carbocycles. The summed E-state index contributed by atoms with van der Waals surface area (Å²) < 4.78 is 12.2. The number of carboxylic acid groups (broad SMARTS) is 1. The monoisotopic (exact) mass is 247 g/mol. The van der Waals surface area contributed by atoms with E-state index in [2.05, 4.69) is 0 Å². The number of carboxylic acids is 1. The molecule has 5 N–H and O–H groups in total.